The van der Waals surface area contributed by atoms with Gasteiger partial charge in [0.1, 0.15) is 5.82 Å². The number of hydrogen-bond acceptors (Lipinski definition) is 3. The fraction of sp³-hybridized carbons (Fsp3) is 0.130. The number of benzene rings is 3. The highest BCUT2D eigenvalue weighted by Crippen LogP contribution is 2.29. The summed E-state index contributed by atoms with van der Waals surface area (Å²) in [5.41, 5.74) is 2.53. The number of methoxy groups -OCH3 is 1. The average molecular weight is 377 g/mol. The predicted molar refractivity (Wildman–Crippen MR) is 105 cm³/mol. The number of amides is 1. The second-order valence-corrected chi connectivity index (χ2v) is 6.35. The molecule has 28 heavy (non-hydrogen) atoms. The van der Waals surface area contributed by atoms with Crippen molar-refractivity contribution in [2.45, 2.75) is 6.04 Å². The van der Waals surface area contributed by atoms with E-state index in [2.05, 4.69) is 4.74 Å². The number of ether oxygens (including phenoxy) is 1. The summed E-state index contributed by atoms with van der Waals surface area (Å²) >= 11 is 0. The van der Waals surface area contributed by atoms with E-state index in [1.165, 1.54) is 19.2 Å². The molecule has 1 amide bonds. The molecule has 1 unspecified atom stereocenters. The van der Waals surface area contributed by atoms with Gasteiger partial charge in [-0.15, -0.1) is 0 Å². The van der Waals surface area contributed by atoms with Crippen LogP contribution < -0.4 is 0 Å². The van der Waals surface area contributed by atoms with Gasteiger partial charge in [0.15, 0.2) is 0 Å². The molecule has 0 saturated heterocycles. The fourth-order valence-electron chi connectivity index (χ4n) is 3.11. The lowest BCUT2D eigenvalue weighted by atomic mass is 9.96. The van der Waals surface area contributed by atoms with Crippen molar-refractivity contribution in [1.82, 2.24) is 4.90 Å². The van der Waals surface area contributed by atoms with Gasteiger partial charge in [0.05, 0.1) is 18.7 Å². The van der Waals surface area contributed by atoms with E-state index in [9.17, 15) is 14.0 Å². The third-order valence-electron chi connectivity index (χ3n) is 4.56. The highest BCUT2D eigenvalue weighted by molar-refractivity contribution is 5.96. The summed E-state index contributed by atoms with van der Waals surface area (Å²) in [5.74, 6) is -1.00. The molecule has 3 aromatic carbocycles. The zero-order chi connectivity index (χ0) is 20.1. The second kappa shape index (κ2) is 8.48. The number of hydrogen-bond donors (Lipinski definition) is 0. The molecule has 3 aromatic rings. The largest absolute Gasteiger partial charge is 0.465 e. The minimum absolute atomic E-state index is 0.213. The predicted octanol–water partition coefficient (Wildman–Crippen LogP) is 4.47. The van der Waals surface area contributed by atoms with E-state index in [1.54, 1.807) is 48.3 Å². The van der Waals surface area contributed by atoms with Crippen LogP contribution in [0.15, 0.2) is 78.9 Å². The van der Waals surface area contributed by atoms with E-state index in [0.717, 1.165) is 11.1 Å². The first kappa shape index (κ1) is 19.3. The highest BCUT2D eigenvalue weighted by atomic mass is 19.1. The number of rotatable bonds is 5. The maximum absolute atomic E-state index is 13.4. The third kappa shape index (κ3) is 4.09. The molecule has 0 bridgehead atoms. The molecule has 0 aliphatic heterocycles. The van der Waals surface area contributed by atoms with Crippen LogP contribution in [0.2, 0.25) is 0 Å². The molecule has 142 valence electrons. The quantitative estimate of drug-likeness (QED) is 0.616. The van der Waals surface area contributed by atoms with Gasteiger partial charge in [-0.05, 0) is 47.5 Å². The van der Waals surface area contributed by atoms with Gasteiger partial charge in [-0.1, -0.05) is 42.5 Å². The summed E-state index contributed by atoms with van der Waals surface area (Å²) < 4.78 is 18.1. The van der Waals surface area contributed by atoms with Crippen molar-refractivity contribution in [2.24, 2.45) is 0 Å². The molecule has 5 heteroatoms. The number of nitrogens with zero attached hydrogens (tertiary/aromatic N) is 1. The van der Waals surface area contributed by atoms with Gasteiger partial charge in [0.2, 0.25) is 0 Å². The minimum atomic E-state index is -0.458. The van der Waals surface area contributed by atoms with Crippen LogP contribution in [0.4, 0.5) is 4.39 Å². The zero-order valence-electron chi connectivity index (χ0n) is 15.6. The molecule has 0 N–H and O–H groups in total. The van der Waals surface area contributed by atoms with E-state index in [1.807, 2.05) is 30.3 Å². The van der Waals surface area contributed by atoms with E-state index in [4.69, 9.17) is 0 Å². The monoisotopic (exact) mass is 377 g/mol. The van der Waals surface area contributed by atoms with Crippen molar-refractivity contribution in [3.8, 4) is 0 Å². The topological polar surface area (TPSA) is 46.6 Å². The molecule has 0 spiro atoms. The Hall–Kier alpha value is -3.47. The van der Waals surface area contributed by atoms with Crippen molar-refractivity contribution >= 4 is 11.9 Å². The number of esters is 1. The maximum atomic E-state index is 13.4. The Balaban J connectivity index is 1.94. The highest BCUT2D eigenvalue weighted by Gasteiger charge is 2.24. The van der Waals surface area contributed by atoms with Crippen LogP contribution in [0.25, 0.3) is 0 Å². The SMILES string of the molecule is COC(=O)c1ccc(C(=O)N(C)C(c2ccccc2)c2ccc(F)cc2)cc1. The molecule has 4 nitrogen and oxygen atoms in total. The second-order valence-electron chi connectivity index (χ2n) is 6.35. The summed E-state index contributed by atoms with van der Waals surface area (Å²) in [4.78, 5) is 26.3. The van der Waals surface area contributed by atoms with Gasteiger partial charge < -0.3 is 9.64 Å². The van der Waals surface area contributed by atoms with Crippen LogP contribution >= 0.6 is 0 Å². The number of carbonyl (C=O) groups excluding carboxylic acids is 2. The van der Waals surface area contributed by atoms with Gasteiger partial charge >= 0.3 is 5.97 Å². The normalized spacial score (nSPS) is 11.5. The molecule has 0 aliphatic carbocycles. The maximum Gasteiger partial charge on any atom is 0.337 e. The van der Waals surface area contributed by atoms with Crippen molar-refractivity contribution in [2.75, 3.05) is 14.2 Å². The van der Waals surface area contributed by atoms with Gasteiger partial charge in [-0.3, -0.25) is 4.79 Å². The molecule has 1 atom stereocenters. The molecule has 0 fully saturated rings. The van der Waals surface area contributed by atoms with Crippen LogP contribution in [-0.2, 0) is 4.74 Å². The van der Waals surface area contributed by atoms with Gasteiger partial charge in [-0.2, -0.15) is 0 Å². The van der Waals surface area contributed by atoms with E-state index < -0.39 is 5.97 Å². The third-order valence-corrected chi connectivity index (χ3v) is 4.56. The molecule has 0 aromatic heterocycles. The average Bonchev–Trinajstić information content (AvgIpc) is 2.75. The van der Waals surface area contributed by atoms with Crippen LogP contribution in [0.1, 0.15) is 37.9 Å². The van der Waals surface area contributed by atoms with Crippen molar-refractivity contribution in [3.05, 3.63) is 107 Å². The lowest BCUT2D eigenvalue weighted by Gasteiger charge is -2.29. The first-order valence-corrected chi connectivity index (χ1v) is 8.77. The molecular formula is C23H20FNO3. The van der Waals surface area contributed by atoms with E-state index >= 15 is 0 Å². The Morgan fingerprint density at radius 3 is 1.93 bits per heavy atom. The van der Waals surface area contributed by atoms with Crippen LogP contribution in [0.5, 0.6) is 0 Å². The molecule has 3 rings (SSSR count). The zero-order valence-corrected chi connectivity index (χ0v) is 15.6. The first-order chi connectivity index (χ1) is 13.5. The smallest absolute Gasteiger partial charge is 0.337 e. The Labute approximate surface area is 163 Å². The Morgan fingerprint density at radius 1 is 0.821 bits per heavy atom. The fourth-order valence-corrected chi connectivity index (χ4v) is 3.11. The summed E-state index contributed by atoms with van der Waals surface area (Å²) in [6.45, 7) is 0. The molecular weight excluding hydrogens is 357 g/mol. The van der Waals surface area contributed by atoms with Crippen molar-refractivity contribution in [1.29, 1.82) is 0 Å². The standard InChI is InChI=1S/C23H20FNO3/c1-25(22(26)18-8-10-19(11-9-18)23(27)28-2)21(16-6-4-3-5-7-16)17-12-14-20(24)15-13-17/h3-15,21H,1-2H3. The van der Waals surface area contributed by atoms with Gasteiger partial charge in [0, 0.05) is 12.6 Å². The lowest BCUT2D eigenvalue weighted by Crippen LogP contribution is -2.32. The molecule has 0 aliphatic rings. The molecule has 0 heterocycles. The summed E-state index contributed by atoms with van der Waals surface area (Å²) in [6, 6.07) is 21.6. The summed E-state index contributed by atoms with van der Waals surface area (Å²) in [7, 11) is 3.01. The van der Waals surface area contributed by atoms with Crippen LogP contribution in [0.3, 0.4) is 0 Å². The Bertz CT molecular complexity index is 953. The van der Waals surface area contributed by atoms with Gasteiger partial charge in [0.25, 0.3) is 5.91 Å². The summed E-state index contributed by atoms with van der Waals surface area (Å²) in [5, 5.41) is 0. The molecule has 0 radical (unpaired) electrons. The molecule has 0 saturated carbocycles. The van der Waals surface area contributed by atoms with E-state index in [-0.39, 0.29) is 17.8 Å². The Morgan fingerprint density at radius 2 is 1.36 bits per heavy atom. The summed E-state index contributed by atoms with van der Waals surface area (Å²) in [6.07, 6.45) is 0. The number of carbonyl (C=O) groups is 2. The minimum Gasteiger partial charge on any atom is -0.465 e. The lowest BCUT2D eigenvalue weighted by molar-refractivity contribution is 0.0599. The first-order valence-electron chi connectivity index (χ1n) is 8.77. The Kier molecular flexibility index (Phi) is 5.84. The van der Waals surface area contributed by atoms with E-state index in [0.29, 0.717) is 11.1 Å². The van der Waals surface area contributed by atoms with Crippen LogP contribution in [0, 0.1) is 5.82 Å². The van der Waals surface area contributed by atoms with Crippen molar-refractivity contribution in [3.63, 3.8) is 0 Å². The number of halogens is 1. The van der Waals surface area contributed by atoms with Crippen molar-refractivity contribution < 1.29 is 18.7 Å². The van der Waals surface area contributed by atoms with Crippen LogP contribution in [-0.4, -0.2) is 30.9 Å². The van der Waals surface area contributed by atoms with Gasteiger partial charge in [-0.25, -0.2) is 9.18 Å².